The van der Waals surface area contributed by atoms with E-state index in [4.69, 9.17) is 17.0 Å². The van der Waals surface area contributed by atoms with Gasteiger partial charge in [-0.25, -0.2) is 0 Å². The third-order valence-electron chi connectivity index (χ3n) is 3.12. The molecule has 0 amide bonds. The summed E-state index contributed by atoms with van der Waals surface area (Å²) in [5.74, 6) is 0. The minimum Gasteiger partial charge on any atom is -0.379 e. The molecule has 114 valence electrons. The van der Waals surface area contributed by atoms with Crippen LogP contribution in [0, 0.1) is 0 Å². The van der Waals surface area contributed by atoms with Gasteiger partial charge in [-0.1, -0.05) is 6.07 Å². The topological polar surface area (TPSA) is 53.0 Å². The molecule has 1 aromatic rings. The van der Waals surface area contributed by atoms with Crippen LogP contribution >= 0.6 is 12.2 Å². The number of aromatic nitrogens is 1. The van der Waals surface area contributed by atoms with Crippen LogP contribution in [-0.4, -0.2) is 66.5 Å². The molecule has 0 bridgehead atoms. The average molecular weight is 307 g/mol. The minimum absolute atomic E-state index is 0.565. The molecular weight excluding hydrogens is 286 g/mol. The number of hydrogen-bond donors (Lipinski definition) is 1. The van der Waals surface area contributed by atoms with Gasteiger partial charge in [0.15, 0.2) is 5.11 Å². The summed E-state index contributed by atoms with van der Waals surface area (Å²) in [5, 5.41) is 4.63. The fourth-order valence-corrected chi connectivity index (χ4v) is 1.93. The van der Waals surface area contributed by atoms with Crippen LogP contribution in [0.5, 0.6) is 0 Å². The highest BCUT2D eigenvalue weighted by Gasteiger charge is 2.10. The number of hydrogen-bond acceptors (Lipinski definition) is 5. The summed E-state index contributed by atoms with van der Waals surface area (Å²) in [6, 6.07) is 4.04. The summed E-state index contributed by atoms with van der Waals surface area (Å²) in [6.07, 6.45) is 3.55. The second kappa shape index (κ2) is 8.02. The molecule has 1 aromatic heterocycles. The highest BCUT2D eigenvalue weighted by Crippen LogP contribution is 2.06. The van der Waals surface area contributed by atoms with Gasteiger partial charge >= 0.3 is 0 Å². The number of nitrogens with one attached hydrogen (secondary N) is 1. The molecule has 0 spiro atoms. The molecule has 1 N–H and O–H groups in total. The lowest BCUT2D eigenvalue weighted by atomic mass is 10.2. The van der Waals surface area contributed by atoms with Gasteiger partial charge in [-0.15, -0.1) is 0 Å². The third kappa shape index (κ3) is 5.37. The number of ether oxygens (including phenoxy) is 1. The van der Waals surface area contributed by atoms with Gasteiger partial charge in [0.25, 0.3) is 0 Å². The quantitative estimate of drug-likeness (QED) is 0.502. The van der Waals surface area contributed by atoms with Crippen LogP contribution in [0.2, 0.25) is 0 Å². The molecule has 0 atom stereocenters. The van der Waals surface area contributed by atoms with Crippen LogP contribution in [0.25, 0.3) is 0 Å². The summed E-state index contributed by atoms with van der Waals surface area (Å²) in [7, 11) is 3.73. The van der Waals surface area contributed by atoms with Crippen molar-refractivity contribution in [2.75, 3.05) is 40.4 Å². The predicted molar refractivity (Wildman–Crippen MR) is 87.3 cm³/mol. The van der Waals surface area contributed by atoms with Crippen molar-refractivity contribution in [3.8, 4) is 0 Å². The van der Waals surface area contributed by atoms with Crippen molar-refractivity contribution in [1.82, 2.24) is 20.2 Å². The van der Waals surface area contributed by atoms with Gasteiger partial charge in [0.05, 0.1) is 25.1 Å². The predicted octanol–water partition coefficient (Wildman–Crippen LogP) is 0.684. The fourth-order valence-electron chi connectivity index (χ4n) is 1.88. The lowest BCUT2D eigenvalue weighted by molar-refractivity contribution is 0.0341. The Bertz CT molecular complexity index is 483. The van der Waals surface area contributed by atoms with Gasteiger partial charge < -0.3 is 9.64 Å². The number of morpholine rings is 1. The largest absolute Gasteiger partial charge is 0.379 e. The Morgan fingerprint density at radius 3 is 2.86 bits per heavy atom. The molecule has 1 saturated heterocycles. The van der Waals surface area contributed by atoms with Crippen LogP contribution in [0.15, 0.2) is 23.4 Å². The van der Waals surface area contributed by atoms with Crippen LogP contribution < -0.4 is 5.43 Å². The molecule has 7 heteroatoms. The van der Waals surface area contributed by atoms with E-state index in [-0.39, 0.29) is 0 Å². The third-order valence-corrected chi connectivity index (χ3v) is 3.58. The SMILES string of the molecule is CN(C)C(=S)N/N=C/c1ccc(CN2CCOCC2)cn1. The molecule has 1 aliphatic heterocycles. The molecule has 6 nitrogen and oxygen atoms in total. The molecule has 0 saturated carbocycles. The normalized spacial score (nSPS) is 16.1. The maximum absolute atomic E-state index is 5.34. The summed E-state index contributed by atoms with van der Waals surface area (Å²) in [6.45, 7) is 4.51. The molecular formula is C14H21N5OS. The molecule has 0 aromatic carbocycles. The Morgan fingerprint density at radius 1 is 1.48 bits per heavy atom. The molecule has 0 radical (unpaired) electrons. The Hall–Kier alpha value is -1.57. The van der Waals surface area contributed by atoms with Gasteiger partial charge in [-0.3, -0.25) is 15.3 Å². The first-order valence-electron chi connectivity index (χ1n) is 6.90. The van der Waals surface area contributed by atoms with Gasteiger partial charge in [-0.05, 0) is 23.8 Å². The van der Waals surface area contributed by atoms with Crippen LogP contribution in [-0.2, 0) is 11.3 Å². The highest BCUT2D eigenvalue weighted by molar-refractivity contribution is 7.80. The fraction of sp³-hybridized carbons (Fsp3) is 0.500. The van der Waals surface area contributed by atoms with Crippen molar-refractivity contribution in [3.05, 3.63) is 29.6 Å². The van der Waals surface area contributed by atoms with Crippen molar-refractivity contribution < 1.29 is 4.74 Å². The number of pyridine rings is 1. The molecule has 1 aliphatic rings. The van der Waals surface area contributed by atoms with E-state index in [9.17, 15) is 0 Å². The van der Waals surface area contributed by atoms with Gasteiger partial charge in [0.2, 0.25) is 0 Å². The van der Waals surface area contributed by atoms with Crippen molar-refractivity contribution in [3.63, 3.8) is 0 Å². The number of thiocarbonyl (C=S) groups is 1. The Balaban J connectivity index is 1.83. The lowest BCUT2D eigenvalue weighted by Gasteiger charge is -2.26. The van der Waals surface area contributed by atoms with E-state index < -0.39 is 0 Å². The Morgan fingerprint density at radius 2 is 2.24 bits per heavy atom. The van der Waals surface area contributed by atoms with E-state index in [1.807, 2.05) is 26.4 Å². The van der Waals surface area contributed by atoms with E-state index in [0.29, 0.717) is 5.11 Å². The zero-order chi connectivity index (χ0) is 15.1. The monoisotopic (exact) mass is 307 g/mol. The summed E-state index contributed by atoms with van der Waals surface area (Å²) in [4.78, 5) is 8.53. The average Bonchev–Trinajstić information content (AvgIpc) is 2.50. The van der Waals surface area contributed by atoms with Crippen molar-refractivity contribution in [1.29, 1.82) is 0 Å². The van der Waals surface area contributed by atoms with E-state index in [1.165, 1.54) is 5.56 Å². The number of nitrogens with zero attached hydrogens (tertiary/aromatic N) is 4. The van der Waals surface area contributed by atoms with Crippen LogP contribution in [0.4, 0.5) is 0 Å². The molecule has 0 aliphatic carbocycles. The van der Waals surface area contributed by atoms with E-state index in [0.717, 1.165) is 38.5 Å². The Kier molecular flexibility index (Phi) is 6.04. The molecule has 2 heterocycles. The van der Waals surface area contributed by atoms with E-state index >= 15 is 0 Å². The van der Waals surface area contributed by atoms with Gasteiger partial charge in [0, 0.05) is 39.9 Å². The lowest BCUT2D eigenvalue weighted by Crippen LogP contribution is -2.35. The van der Waals surface area contributed by atoms with Crippen molar-refractivity contribution in [2.45, 2.75) is 6.54 Å². The summed E-state index contributed by atoms with van der Waals surface area (Å²) < 4.78 is 5.34. The minimum atomic E-state index is 0.565. The van der Waals surface area contributed by atoms with Crippen LogP contribution in [0.3, 0.4) is 0 Å². The second-order valence-corrected chi connectivity index (χ2v) is 5.44. The zero-order valence-electron chi connectivity index (χ0n) is 12.5. The van der Waals surface area contributed by atoms with E-state index in [2.05, 4.69) is 26.5 Å². The highest BCUT2D eigenvalue weighted by atomic mass is 32.1. The smallest absolute Gasteiger partial charge is 0.189 e. The second-order valence-electron chi connectivity index (χ2n) is 5.05. The summed E-state index contributed by atoms with van der Waals surface area (Å²) in [5.41, 5.74) is 4.78. The molecule has 1 fully saturated rings. The van der Waals surface area contributed by atoms with Gasteiger partial charge in [0.1, 0.15) is 0 Å². The van der Waals surface area contributed by atoms with Crippen molar-refractivity contribution >= 4 is 23.5 Å². The number of hydrazone groups is 1. The Labute approximate surface area is 130 Å². The standard InChI is InChI=1S/C14H21N5OS/c1-18(2)14(21)17-16-10-13-4-3-12(9-15-13)11-19-5-7-20-8-6-19/h3-4,9-10H,5-8,11H2,1-2H3,(H,17,21)/b16-10+. The first-order chi connectivity index (χ1) is 10.1. The molecule has 21 heavy (non-hydrogen) atoms. The summed E-state index contributed by atoms with van der Waals surface area (Å²) >= 11 is 5.07. The number of rotatable bonds is 4. The van der Waals surface area contributed by atoms with Crippen molar-refractivity contribution in [2.24, 2.45) is 5.10 Å². The first kappa shape index (κ1) is 15.8. The maximum Gasteiger partial charge on any atom is 0.189 e. The zero-order valence-corrected chi connectivity index (χ0v) is 13.3. The van der Waals surface area contributed by atoms with E-state index in [1.54, 1.807) is 11.1 Å². The molecule has 0 unspecified atom stereocenters. The first-order valence-corrected chi connectivity index (χ1v) is 7.31. The van der Waals surface area contributed by atoms with Crippen LogP contribution in [0.1, 0.15) is 11.3 Å². The molecule has 2 rings (SSSR count). The maximum atomic E-state index is 5.34. The van der Waals surface area contributed by atoms with Gasteiger partial charge in [-0.2, -0.15) is 5.10 Å².